The second-order valence-electron chi connectivity index (χ2n) is 9.54. The van der Waals surface area contributed by atoms with Gasteiger partial charge >= 0.3 is 59.1 Å². The molecule has 2 heterocycles. The van der Waals surface area contributed by atoms with Gasteiger partial charge in [-0.1, -0.05) is 32.0 Å². The standard InChI is InChI=1S/C23H34N3O10P.2Na.2H2O/c1-11(2)8-16(26-37(33,34)36-23-20(29)19(28)18(27)12(3)35-23)21(30)25-17(22(31)32)9-13-10-24-15-7-5-4-6-14(13)15;;;;/h4-7,10-12,16-20,23-24,27-29H,8-9H2,1-3H3,(H,25,30)(H,31,32)(H2,26,33,34);;;2*1H2/q;2*+1;;/p-2. The Labute approximate surface area is 281 Å². The molecule has 1 aromatic carbocycles. The number of carboxylic acids is 1. The van der Waals surface area contributed by atoms with Crippen LogP contribution >= 0.6 is 7.75 Å². The van der Waals surface area contributed by atoms with E-state index in [1.807, 2.05) is 12.1 Å². The molecule has 15 nitrogen and oxygen atoms in total. The van der Waals surface area contributed by atoms with Crippen molar-refractivity contribution < 1.29 is 119 Å². The number of carbonyl (C=O) groups is 2. The zero-order valence-corrected chi connectivity index (χ0v) is 28.5. The summed E-state index contributed by atoms with van der Waals surface area (Å²) in [6, 6.07) is 4.31. The maximum absolute atomic E-state index is 13.0. The minimum atomic E-state index is -5.10. The van der Waals surface area contributed by atoms with Crippen LogP contribution in [0.25, 0.3) is 10.9 Å². The van der Waals surface area contributed by atoms with Crippen molar-refractivity contribution >= 4 is 30.5 Å². The number of aliphatic hydroxyl groups is 3. The molecule has 18 heteroatoms. The van der Waals surface area contributed by atoms with Crippen LogP contribution in [-0.4, -0.2) is 85.9 Å². The Morgan fingerprint density at radius 1 is 1.10 bits per heavy atom. The Kier molecular flexibility index (Phi) is 19.2. The molecule has 0 spiro atoms. The number of fused-ring (bicyclic) bond motifs is 1. The number of aromatic nitrogens is 1. The normalized spacial score (nSPS) is 24.8. The second-order valence-corrected chi connectivity index (χ2v) is 11.0. The predicted molar refractivity (Wildman–Crippen MR) is 134 cm³/mol. The maximum atomic E-state index is 13.0. The number of aromatic amines is 1. The van der Waals surface area contributed by atoms with Crippen molar-refractivity contribution in [2.75, 3.05) is 0 Å². The Balaban J connectivity index is 0. The Hall–Kier alpha value is -0.430. The summed E-state index contributed by atoms with van der Waals surface area (Å²) in [7, 11) is -5.10. The van der Waals surface area contributed by atoms with Gasteiger partial charge in [0.2, 0.25) is 13.7 Å². The zero-order chi connectivity index (χ0) is 27.5. The number of H-pyrrole nitrogens is 1. The summed E-state index contributed by atoms with van der Waals surface area (Å²) in [5, 5.41) is 46.7. The summed E-state index contributed by atoms with van der Waals surface area (Å²) in [6.45, 7) is 4.81. The average molecular weight is 624 g/mol. The molecule has 3 rings (SSSR count). The minimum Gasteiger partial charge on any atom is -0.766 e. The van der Waals surface area contributed by atoms with E-state index in [1.165, 1.54) is 6.92 Å². The van der Waals surface area contributed by atoms with Gasteiger partial charge in [0.25, 0.3) is 0 Å². The van der Waals surface area contributed by atoms with Crippen LogP contribution in [0.5, 0.6) is 0 Å². The van der Waals surface area contributed by atoms with E-state index < -0.39 is 62.4 Å². The van der Waals surface area contributed by atoms with Crippen molar-refractivity contribution in [3.05, 3.63) is 36.0 Å². The summed E-state index contributed by atoms with van der Waals surface area (Å²) in [5.41, 5.74) is 1.40. The monoisotopic (exact) mass is 623 g/mol. The van der Waals surface area contributed by atoms with E-state index in [9.17, 15) is 39.5 Å². The second kappa shape index (κ2) is 18.4. The molecule has 41 heavy (non-hydrogen) atoms. The van der Waals surface area contributed by atoms with Crippen LogP contribution in [0, 0.1) is 5.92 Å². The fourth-order valence-corrected chi connectivity index (χ4v) is 5.25. The first kappa shape index (κ1) is 42.7. The van der Waals surface area contributed by atoms with Crippen molar-refractivity contribution in [3.8, 4) is 0 Å². The number of nitrogens with one attached hydrogen (secondary N) is 3. The van der Waals surface area contributed by atoms with E-state index in [0.717, 1.165) is 10.9 Å². The van der Waals surface area contributed by atoms with Crippen molar-refractivity contribution in [2.45, 2.75) is 76.4 Å². The van der Waals surface area contributed by atoms with Crippen LogP contribution < -0.4 is 79.5 Å². The van der Waals surface area contributed by atoms with Gasteiger partial charge in [-0.15, -0.1) is 0 Å². The number of aliphatic carboxylic acids is 1. The van der Waals surface area contributed by atoms with E-state index in [-0.39, 0.29) is 88.8 Å². The number of hydrogen-bond acceptors (Lipinski definition) is 10. The van der Waals surface area contributed by atoms with Crippen molar-refractivity contribution in [1.29, 1.82) is 0 Å². The largest absolute Gasteiger partial charge is 1.00 e. The van der Waals surface area contributed by atoms with Crippen LogP contribution in [0.3, 0.4) is 0 Å². The smallest absolute Gasteiger partial charge is 0.766 e. The number of carboxylic acid groups (broad SMARTS) is 1. The Bertz CT molecular complexity index is 1160. The molecule has 0 radical (unpaired) electrons. The number of para-hydroxylation sites is 1. The number of hydrogen-bond donors (Lipinski definition) is 6. The fraction of sp³-hybridized carbons (Fsp3) is 0.565. The quantitative estimate of drug-likeness (QED) is 0.101. The third-order valence-electron chi connectivity index (χ3n) is 6.09. The number of rotatable bonds is 11. The Morgan fingerprint density at radius 2 is 1.71 bits per heavy atom. The van der Waals surface area contributed by atoms with Crippen LogP contribution in [0.4, 0.5) is 0 Å². The number of carbonyl (C=O) groups excluding carboxylic acids is 2. The molecule has 10 N–H and O–H groups in total. The van der Waals surface area contributed by atoms with Crippen molar-refractivity contribution in [3.63, 3.8) is 0 Å². The van der Waals surface area contributed by atoms with Gasteiger partial charge in [0.15, 0.2) is 6.29 Å². The molecule has 8 atom stereocenters. The average Bonchev–Trinajstić information content (AvgIpc) is 3.22. The van der Waals surface area contributed by atoms with Crippen LogP contribution in [0.2, 0.25) is 0 Å². The molecule has 1 aliphatic rings. The van der Waals surface area contributed by atoms with Crippen molar-refractivity contribution in [1.82, 2.24) is 15.4 Å². The molecule has 0 bridgehead atoms. The van der Waals surface area contributed by atoms with Crippen LogP contribution in [0.1, 0.15) is 32.8 Å². The molecule has 1 fully saturated rings. The molecule has 222 valence electrons. The molecule has 2 aromatic rings. The fourth-order valence-electron chi connectivity index (χ4n) is 4.13. The maximum Gasteiger partial charge on any atom is 1.00 e. The molecule has 8 unspecified atom stereocenters. The summed E-state index contributed by atoms with van der Waals surface area (Å²) in [6.07, 6.45) is -6.47. The number of aliphatic hydroxyl groups excluding tert-OH is 3. The van der Waals surface area contributed by atoms with E-state index in [2.05, 4.69) is 15.4 Å². The van der Waals surface area contributed by atoms with E-state index >= 15 is 0 Å². The first-order valence-electron chi connectivity index (χ1n) is 11.8. The van der Waals surface area contributed by atoms with Gasteiger partial charge in [-0.25, -0.2) is 5.09 Å². The number of amides is 1. The number of benzene rings is 1. The predicted octanol–water partition coefficient (Wildman–Crippen LogP) is -9.38. The molecular formula is C23H36N3Na2O12P. The summed E-state index contributed by atoms with van der Waals surface area (Å²) in [4.78, 5) is 40.6. The van der Waals surface area contributed by atoms with E-state index in [1.54, 1.807) is 32.2 Å². The number of ether oxygens (including phenoxy) is 1. The minimum absolute atomic E-state index is 0. The first-order chi connectivity index (χ1) is 17.3. The molecule has 1 amide bonds. The van der Waals surface area contributed by atoms with Gasteiger partial charge in [-0.3, -0.25) is 13.9 Å². The van der Waals surface area contributed by atoms with Gasteiger partial charge in [-0.2, -0.15) is 0 Å². The SMILES string of the molecule is CC(C)CC(NP(=O)([O-])OC1OC(C)C(O)C(O)C1O)C(=O)NC(Cc1c[nH]c2ccccc12)C(=O)[O-].O.O.[Na+].[Na+]. The van der Waals surface area contributed by atoms with Crippen LogP contribution in [-0.2, 0) is 29.8 Å². The van der Waals surface area contributed by atoms with Gasteiger partial charge in [0.1, 0.15) is 18.3 Å². The summed E-state index contributed by atoms with van der Waals surface area (Å²) < 4.78 is 22.7. The third kappa shape index (κ3) is 11.5. The van der Waals surface area contributed by atoms with Crippen LogP contribution in [0.15, 0.2) is 30.5 Å². The topological polar surface area (TPSA) is 279 Å². The first-order valence-corrected chi connectivity index (χ1v) is 13.4. The molecule has 1 aliphatic heterocycles. The van der Waals surface area contributed by atoms with Gasteiger partial charge in [0, 0.05) is 23.5 Å². The Morgan fingerprint density at radius 3 is 2.29 bits per heavy atom. The van der Waals surface area contributed by atoms with Gasteiger partial charge < -0.3 is 56.1 Å². The molecule has 1 aromatic heterocycles. The molecular weight excluding hydrogens is 587 g/mol. The summed E-state index contributed by atoms with van der Waals surface area (Å²) in [5.74, 6) is -2.66. The molecule has 1 saturated heterocycles. The van der Waals surface area contributed by atoms with E-state index in [4.69, 9.17) is 9.26 Å². The van der Waals surface area contributed by atoms with E-state index in [0.29, 0.717) is 5.56 Å². The van der Waals surface area contributed by atoms with Gasteiger partial charge in [0.05, 0.1) is 24.2 Å². The van der Waals surface area contributed by atoms with Crippen molar-refractivity contribution in [2.24, 2.45) is 5.92 Å². The molecule has 0 saturated carbocycles. The molecule has 0 aliphatic carbocycles. The third-order valence-corrected chi connectivity index (χ3v) is 7.20. The zero-order valence-electron chi connectivity index (χ0n) is 23.6. The van der Waals surface area contributed by atoms with Gasteiger partial charge in [-0.05, 0) is 30.9 Å². The summed E-state index contributed by atoms with van der Waals surface area (Å²) >= 11 is 0.